The lowest BCUT2D eigenvalue weighted by molar-refractivity contribution is 0.102. The van der Waals surface area contributed by atoms with E-state index in [0.29, 0.717) is 23.2 Å². The number of hydrogen-bond donors (Lipinski definition) is 4. The highest BCUT2D eigenvalue weighted by Crippen LogP contribution is 2.33. The number of imidazole rings is 2. The summed E-state index contributed by atoms with van der Waals surface area (Å²) >= 11 is 0. The number of carbonyl (C=O) groups excluding carboxylic acids is 1. The van der Waals surface area contributed by atoms with E-state index in [1.807, 2.05) is 42.7 Å². The Labute approximate surface area is 214 Å². The number of amides is 1. The van der Waals surface area contributed by atoms with Crippen LogP contribution in [-0.2, 0) is 0 Å². The molecule has 0 unspecified atom stereocenters. The average molecular weight is 498 g/mol. The number of rotatable bonds is 8. The number of nitrogens with one attached hydrogen (secondary N) is 4. The Hall–Kier alpha value is -4.34. The molecule has 4 N–H and O–H groups in total. The number of nitrogens with zero attached hydrogens (tertiary/aromatic N) is 5. The number of fused-ring (bicyclic) bond motifs is 2. The molecule has 0 aliphatic heterocycles. The van der Waals surface area contributed by atoms with Crippen LogP contribution in [0.1, 0.15) is 55.9 Å². The largest absolute Gasteiger partial charge is 0.371 e. The van der Waals surface area contributed by atoms with E-state index in [9.17, 15) is 4.79 Å². The molecule has 1 amide bonds. The van der Waals surface area contributed by atoms with Crippen molar-refractivity contribution in [3.8, 4) is 0 Å². The van der Waals surface area contributed by atoms with Gasteiger partial charge in [0.2, 0.25) is 11.9 Å². The first kappa shape index (κ1) is 23.1. The molecule has 6 rings (SSSR count). The van der Waals surface area contributed by atoms with Crippen molar-refractivity contribution in [1.82, 2.24) is 29.7 Å². The summed E-state index contributed by atoms with van der Waals surface area (Å²) in [6.45, 7) is 5.72. The minimum atomic E-state index is -0.177. The molecular formula is C27H31N9O. The molecule has 37 heavy (non-hydrogen) atoms. The minimum absolute atomic E-state index is 0.177. The predicted octanol–water partition coefficient (Wildman–Crippen LogP) is 5.59. The van der Waals surface area contributed by atoms with Crippen LogP contribution in [0.3, 0.4) is 0 Å². The van der Waals surface area contributed by atoms with Crippen molar-refractivity contribution in [1.29, 1.82) is 0 Å². The first-order chi connectivity index (χ1) is 18.1. The van der Waals surface area contributed by atoms with Gasteiger partial charge < -0.3 is 19.8 Å². The van der Waals surface area contributed by atoms with E-state index in [-0.39, 0.29) is 5.91 Å². The smallest absolute Gasteiger partial charge is 0.257 e. The number of H-pyrrole nitrogens is 2. The quantitative estimate of drug-likeness (QED) is 0.222. The number of hydrogen-bond acceptors (Lipinski definition) is 6. The van der Waals surface area contributed by atoms with E-state index in [4.69, 9.17) is 4.98 Å². The lowest BCUT2D eigenvalue weighted by atomic mass is 10.1. The van der Waals surface area contributed by atoms with Gasteiger partial charge in [-0.1, -0.05) is 12.8 Å². The highest BCUT2D eigenvalue weighted by Gasteiger charge is 2.21. The molecule has 5 aromatic rings. The second kappa shape index (κ2) is 9.61. The third-order valence-corrected chi connectivity index (χ3v) is 7.26. The van der Waals surface area contributed by atoms with Crippen LogP contribution in [0.25, 0.3) is 21.9 Å². The Morgan fingerprint density at radius 1 is 1.14 bits per heavy atom. The lowest BCUT2D eigenvalue weighted by Crippen LogP contribution is -2.25. The van der Waals surface area contributed by atoms with Gasteiger partial charge in [-0.3, -0.25) is 15.2 Å². The number of aromatic amines is 2. The average Bonchev–Trinajstić information content (AvgIpc) is 3.70. The van der Waals surface area contributed by atoms with Gasteiger partial charge >= 0.3 is 0 Å². The highest BCUT2D eigenvalue weighted by molar-refractivity contribution is 6.11. The van der Waals surface area contributed by atoms with Crippen molar-refractivity contribution in [2.24, 2.45) is 0 Å². The maximum absolute atomic E-state index is 13.5. The summed E-state index contributed by atoms with van der Waals surface area (Å²) in [5.41, 5.74) is 4.59. The number of aromatic nitrogens is 6. The SMILES string of the molecule is CCN(CC)c1cc2nc(Nc3nccn3C3CCCC3)[nH]c2cc1C(=O)Nc1ccc2cn[nH]c2c1. The second-order valence-corrected chi connectivity index (χ2v) is 9.49. The summed E-state index contributed by atoms with van der Waals surface area (Å²) < 4.78 is 2.21. The second-order valence-electron chi connectivity index (χ2n) is 9.49. The molecule has 0 bridgehead atoms. The fourth-order valence-electron chi connectivity index (χ4n) is 5.32. The van der Waals surface area contributed by atoms with Crippen molar-refractivity contribution >= 4 is 51.1 Å². The monoisotopic (exact) mass is 497 g/mol. The molecule has 1 aliphatic rings. The van der Waals surface area contributed by atoms with Gasteiger partial charge in [-0.05, 0) is 57.0 Å². The molecule has 190 valence electrons. The van der Waals surface area contributed by atoms with Crippen LogP contribution in [-0.4, -0.2) is 48.7 Å². The van der Waals surface area contributed by atoms with Crippen LogP contribution in [0.5, 0.6) is 0 Å². The van der Waals surface area contributed by atoms with Gasteiger partial charge in [0.1, 0.15) is 0 Å². The first-order valence-corrected chi connectivity index (χ1v) is 13.0. The Balaban J connectivity index is 1.33. The van der Waals surface area contributed by atoms with E-state index in [2.05, 4.69) is 54.1 Å². The van der Waals surface area contributed by atoms with E-state index < -0.39 is 0 Å². The fraction of sp³-hybridized carbons (Fsp3) is 0.333. The van der Waals surface area contributed by atoms with Gasteiger partial charge in [0.05, 0.1) is 34.0 Å². The standard InChI is InChI=1S/C27H31N9O/c1-3-35(4-2)24-15-23-22(14-20(24)25(37)30-18-10-9-17-16-29-34-21(17)13-18)31-26(32-23)33-27-28-11-12-36(27)19-7-5-6-8-19/h9-16,19H,3-8H2,1-2H3,(H,29,34)(H,30,37)(H2,28,31,32,33). The summed E-state index contributed by atoms with van der Waals surface area (Å²) in [6, 6.07) is 10.1. The van der Waals surface area contributed by atoms with Gasteiger partial charge in [0, 0.05) is 42.6 Å². The van der Waals surface area contributed by atoms with Gasteiger partial charge in [0.15, 0.2) is 0 Å². The van der Waals surface area contributed by atoms with E-state index in [1.165, 1.54) is 25.7 Å². The molecule has 0 saturated heterocycles. The molecular weight excluding hydrogens is 466 g/mol. The zero-order valence-corrected chi connectivity index (χ0v) is 21.1. The minimum Gasteiger partial charge on any atom is -0.371 e. The maximum atomic E-state index is 13.5. The summed E-state index contributed by atoms with van der Waals surface area (Å²) in [7, 11) is 0. The van der Waals surface area contributed by atoms with Crippen molar-refractivity contribution in [3.05, 3.63) is 54.5 Å². The van der Waals surface area contributed by atoms with Gasteiger partial charge in [-0.2, -0.15) is 5.10 Å². The van der Waals surface area contributed by atoms with Crippen molar-refractivity contribution in [2.45, 2.75) is 45.6 Å². The summed E-state index contributed by atoms with van der Waals surface area (Å²) in [5, 5.41) is 14.4. The van der Waals surface area contributed by atoms with E-state index >= 15 is 0 Å². The van der Waals surface area contributed by atoms with Gasteiger partial charge in [0.25, 0.3) is 5.91 Å². The highest BCUT2D eigenvalue weighted by atomic mass is 16.1. The molecule has 0 radical (unpaired) electrons. The molecule has 10 heteroatoms. The normalized spacial score (nSPS) is 14.0. The van der Waals surface area contributed by atoms with Crippen molar-refractivity contribution in [2.75, 3.05) is 28.6 Å². The van der Waals surface area contributed by atoms with Crippen LogP contribution in [0.4, 0.5) is 23.3 Å². The molecule has 10 nitrogen and oxygen atoms in total. The Morgan fingerprint density at radius 2 is 1.97 bits per heavy atom. The summed E-state index contributed by atoms with van der Waals surface area (Å²) in [6.07, 6.45) is 10.5. The molecule has 1 saturated carbocycles. The molecule has 0 atom stereocenters. The van der Waals surface area contributed by atoms with Crippen LogP contribution in [0, 0.1) is 0 Å². The topological polar surface area (TPSA) is 120 Å². The zero-order chi connectivity index (χ0) is 25.4. The Morgan fingerprint density at radius 3 is 2.78 bits per heavy atom. The Bertz CT molecular complexity index is 1550. The van der Waals surface area contributed by atoms with Gasteiger partial charge in [-0.25, -0.2) is 9.97 Å². The molecule has 1 aliphatic carbocycles. The number of carbonyl (C=O) groups is 1. The lowest BCUT2D eigenvalue weighted by Gasteiger charge is -2.23. The van der Waals surface area contributed by atoms with E-state index in [1.54, 1.807) is 6.20 Å². The molecule has 3 aromatic heterocycles. The van der Waals surface area contributed by atoms with Gasteiger partial charge in [-0.15, -0.1) is 0 Å². The van der Waals surface area contributed by atoms with Crippen LogP contribution in [0.15, 0.2) is 48.9 Å². The maximum Gasteiger partial charge on any atom is 0.257 e. The summed E-state index contributed by atoms with van der Waals surface area (Å²) in [4.78, 5) is 28.3. The first-order valence-electron chi connectivity index (χ1n) is 13.0. The molecule has 0 spiro atoms. The zero-order valence-electron chi connectivity index (χ0n) is 21.1. The Kier molecular flexibility index (Phi) is 5.99. The fourth-order valence-corrected chi connectivity index (χ4v) is 5.32. The van der Waals surface area contributed by atoms with Crippen LogP contribution < -0.4 is 15.5 Å². The third-order valence-electron chi connectivity index (χ3n) is 7.26. The molecule has 2 aromatic carbocycles. The number of benzene rings is 2. The third kappa shape index (κ3) is 4.39. The van der Waals surface area contributed by atoms with Crippen LogP contribution >= 0.6 is 0 Å². The van der Waals surface area contributed by atoms with Crippen LogP contribution in [0.2, 0.25) is 0 Å². The number of anilines is 4. The molecule has 3 heterocycles. The van der Waals surface area contributed by atoms with Crippen molar-refractivity contribution in [3.63, 3.8) is 0 Å². The predicted molar refractivity (Wildman–Crippen MR) is 147 cm³/mol. The molecule has 1 fully saturated rings. The van der Waals surface area contributed by atoms with Crippen molar-refractivity contribution < 1.29 is 4.79 Å². The summed E-state index contributed by atoms with van der Waals surface area (Å²) in [5.74, 6) is 1.21. The van der Waals surface area contributed by atoms with E-state index in [0.717, 1.165) is 46.7 Å².